The van der Waals surface area contributed by atoms with E-state index in [1.54, 1.807) is 19.1 Å². The van der Waals surface area contributed by atoms with Crippen LogP contribution < -0.4 is 5.32 Å². The number of carbonyl (C=O) groups is 1. The molecule has 0 saturated heterocycles. The molecule has 2 aromatic rings. The smallest absolute Gasteiger partial charge is 0.303 e. The van der Waals surface area contributed by atoms with Crippen LogP contribution in [-0.2, 0) is 17.6 Å². The lowest BCUT2D eigenvalue weighted by Crippen LogP contribution is -2.50. The Morgan fingerprint density at radius 3 is 2.30 bits per heavy atom. The van der Waals surface area contributed by atoms with E-state index in [2.05, 4.69) is 36.5 Å². The molecule has 9 nitrogen and oxygen atoms in total. The topological polar surface area (TPSA) is 171 Å². The van der Waals surface area contributed by atoms with E-state index in [1.807, 2.05) is 24.3 Å². The first-order valence-corrected chi connectivity index (χ1v) is 20.0. The Morgan fingerprint density at radius 2 is 1.64 bits per heavy atom. The summed E-state index contributed by atoms with van der Waals surface area (Å²) in [4.78, 5) is 11.3. The normalized spacial score (nSPS) is 19.8. The van der Waals surface area contributed by atoms with Crippen molar-refractivity contribution in [1.29, 1.82) is 0 Å². The van der Waals surface area contributed by atoms with Gasteiger partial charge in [-0.2, -0.15) is 0 Å². The SMILES string of the molecule is CCCCCC(O)C=CC1=C(CC(O)CO)C(NCC(C)(O)C(CCCO)c2ccc(O)cc2)C(CCCCCC(=O)O)CCc2ccccc2CC1. The number of hydrogen-bond acceptors (Lipinski definition) is 8. The van der Waals surface area contributed by atoms with E-state index in [-0.39, 0.29) is 49.6 Å². The first kappa shape index (κ1) is 44.3. The van der Waals surface area contributed by atoms with Crippen molar-refractivity contribution in [3.8, 4) is 5.75 Å². The molecule has 8 N–H and O–H groups in total. The molecule has 0 spiro atoms. The second-order valence-corrected chi connectivity index (χ2v) is 15.3. The van der Waals surface area contributed by atoms with Gasteiger partial charge in [0.15, 0.2) is 0 Å². The molecule has 1 aliphatic carbocycles. The number of carboxylic acid groups (broad SMARTS) is 1. The van der Waals surface area contributed by atoms with Crippen molar-refractivity contribution in [2.24, 2.45) is 5.92 Å². The predicted octanol–water partition coefficient (Wildman–Crippen LogP) is 6.73. The zero-order valence-electron chi connectivity index (χ0n) is 32.1. The maximum atomic E-state index is 12.2. The summed E-state index contributed by atoms with van der Waals surface area (Å²) in [6.07, 6.45) is 13.4. The molecule has 0 amide bonds. The number of carboxylic acids is 1. The summed E-state index contributed by atoms with van der Waals surface area (Å²) in [7, 11) is 0. The highest BCUT2D eigenvalue weighted by molar-refractivity contribution is 5.66. The minimum Gasteiger partial charge on any atom is -0.508 e. The van der Waals surface area contributed by atoms with E-state index in [1.165, 1.54) is 11.1 Å². The van der Waals surface area contributed by atoms with Gasteiger partial charge in [-0.25, -0.2) is 0 Å². The van der Waals surface area contributed by atoms with Crippen molar-refractivity contribution in [1.82, 2.24) is 5.32 Å². The number of fused-ring (bicyclic) bond motifs is 1. The lowest BCUT2D eigenvalue weighted by Gasteiger charge is -2.39. The number of hydrogen-bond donors (Lipinski definition) is 8. The van der Waals surface area contributed by atoms with Crippen LogP contribution in [0, 0.1) is 5.92 Å². The third-order valence-corrected chi connectivity index (χ3v) is 11.0. The molecule has 3 rings (SSSR count). The van der Waals surface area contributed by atoms with Gasteiger partial charge >= 0.3 is 5.97 Å². The molecule has 296 valence electrons. The molecule has 0 saturated carbocycles. The predicted molar refractivity (Wildman–Crippen MR) is 211 cm³/mol. The van der Waals surface area contributed by atoms with Crippen molar-refractivity contribution < 1.29 is 40.5 Å². The monoisotopic (exact) mass is 737 g/mol. The standard InChI is InChI=1S/C44H67NO8/c1-3-4-6-15-37(48)25-22-34-20-18-32-12-9-10-13-33(32)19-21-36(14-7-5-8-17-42(51)52)43(40(34)29-39(50)30-47)45-31-44(2,53)41(16-11-28-46)35-23-26-38(49)27-24-35/h9-10,12-13,22-27,36-37,39,41,43,45-50,53H,3-8,11,14-21,28-31H2,1-2H3,(H,51,52). The third-order valence-electron chi connectivity index (χ3n) is 11.0. The van der Waals surface area contributed by atoms with E-state index in [0.29, 0.717) is 32.1 Å². The number of allylic oxidation sites excluding steroid dienone is 2. The van der Waals surface area contributed by atoms with Gasteiger partial charge in [-0.3, -0.25) is 4.79 Å². The quantitative estimate of drug-likeness (QED) is 0.0577. The number of benzene rings is 2. The molecule has 2 aromatic carbocycles. The van der Waals surface area contributed by atoms with Crippen molar-refractivity contribution in [3.63, 3.8) is 0 Å². The van der Waals surface area contributed by atoms with Crippen LogP contribution in [0.15, 0.2) is 71.8 Å². The van der Waals surface area contributed by atoms with Crippen LogP contribution >= 0.6 is 0 Å². The Morgan fingerprint density at radius 1 is 0.925 bits per heavy atom. The number of aliphatic hydroxyl groups is 5. The van der Waals surface area contributed by atoms with E-state index < -0.39 is 30.4 Å². The number of aryl methyl sites for hydroxylation is 2. The number of aliphatic carboxylic acids is 1. The van der Waals surface area contributed by atoms with Crippen molar-refractivity contribution in [2.45, 2.75) is 146 Å². The Hall–Kier alpha value is -3.05. The average Bonchev–Trinajstić information content (AvgIpc) is 3.13. The summed E-state index contributed by atoms with van der Waals surface area (Å²) in [5, 5.41) is 77.1. The van der Waals surface area contributed by atoms with Gasteiger partial charge in [0.25, 0.3) is 0 Å². The second-order valence-electron chi connectivity index (χ2n) is 15.3. The highest BCUT2D eigenvalue weighted by Crippen LogP contribution is 2.36. The van der Waals surface area contributed by atoms with Crippen LogP contribution in [0.3, 0.4) is 0 Å². The Labute approximate surface area is 317 Å². The number of phenols is 1. The van der Waals surface area contributed by atoms with Crippen LogP contribution in [0.1, 0.15) is 126 Å². The Bertz CT molecular complexity index is 1400. The molecule has 9 heteroatoms. The molecular formula is C44H67NO8. The van der Waals surface area contributed by atoms with E-state index in [4.69, 9.17) is 0 Å². The summed E-state index contributed by atoms with van der Waals surface area (Å²) >= 11 is 0. The fourth-order valence-electron chi connectivity index (χ4n) is 7.90. The molecule has 0 aliphatic heterocycles. The molecule has 1 aliphatic rings. The third kappa shape index (κ3) is 15.3. The number of phenolic OH excluding ortho intramolecular Hbond substituents is 1. The number of unbranched alkanes of at least 4 members (excludes halogenated alkanes) is 4. The average molecular weight is 738 g/mol. The van der Waals surface area contributed by atoms with Crippen molar-refractivity contribution in [3.05, 3.63) is 88.5 Å². The minimum absolute atomic E-state index is 0.0158. The van der Waals surface area contributed by atoms with Gasteiger partial charge in [0, 0.05) is 31.5 Å². The molecule has 0 bridgehead atoms. The van der Waals surface area contributed by atoms with Crippen LogP contribution in [0.5, 0.6) is 5.75 Å². The molecule has 0 heterocycles. The first-order valence-electron chi connectivity index (χ1n) is 20.0. The summed E-state index contributed by atoms with van der Waals surface area (Å²) < 4.78 is 0. The van der Waals surface area contributed by atoms with E-state index in [9.17, 15) is 40.5 Å². The number of aliphatic hydroxyl groups excluding tert-OH is 4. The lowest BCUT2D eigenvalue weighted by atomic mass is 9.76. The van der Waals surface area contributed by atoms with Gasteiger partial charge in [-0.15, -0.1) is 0 Å². The maximum absolute atomic E-state index is 12.2. The highest BCUT2D eigenvalue weighted by atomic mass is 16.4. The summed E-state index contributed by atoms with van der Waals surface area (Å²) in [6.45, 7) is 3.70. The lowest BCUT2D eigenvalue weighted by molar-refractivity contribution is -0.137. The first-order chi connectivity index (χ1) is 25.5. The second kappa shape index (κ2) is 23.7. The van der Waals surface area contributed by atoms with Crippen LogP contribution in [-0.4, -0.2) is 85.3 Å². The Balaban J connectivity index is 2.13. The minimum atomic E-state index is -1.27. The number of aromatic hydroxyl groups is 1. The highest BCUT2D eigenvalue weighted by Gasteiger charge is 2.36. The number of rotatable bonds is 23. The molecule has 0 fully saturated rings. The fourth-order valence-corrected chi connectivity index (χ4v) is 7.90. The molecule has 0 aromatic heterocycles. The summed E-state index contributed by atoms with van der Waals surface area (Å²) in [6, 6.07) is 15.0. The zero-order chi connectivity index (χ0) is 38.6. The van der Waals surface area contributed by atoms with E-state index in [0.717, 1.165) is 74.5 Å². The van der Waals surface area contributed by atoms with Crippen molar-refractivity contribution >= 4 is 5.97 Å². The van der Waals surface area contributed by atoms with E-state index >= 15 is 0 Å². The largest absolute Gasteiger partial charge is 0.508 e. The number of nitrogens with one attached hydrogen (secondary N) is 1. The fraction of sp³-hybridized carbons (Fsp3) is 0.614. The molecule has 0 radical (unpaired) electrons. The molecule has 53 heavy (non-hydrogen) atoms. The van der Waals surface area contributed by atoms with Crippen LogP contribution in [0.2, 0.25) is 0 Å². The van der Waals surface area contributed by atoms with Gasteiger partial charge in [-0.1, -0.05) is 87.6 Å². The van der Waals surface area contributed by atoms with Gasteiger partial charge in [0.2, 0.25) is 0 Å². The van der Waals surface area contributed by atoms with Crippen LogP contribution in [0.4, 0.5) is 0 Å². The molecule has 6 atom stereocenters. The van der Waals surface area contributed by atoms with Gasteiger partial charge < -0.3 is 41.1 Å². The Kier molecular flexibility index (Phi) is 19.8. The van der Waals surface area contributed by atoms with Gasteiger partial charge in [0.05, 0.1) is 24.4 Å². The van der Waals surface area contributed by atoms with Crippen LogP contribution in [0.25, 0.3) is 0 Å². The summed E-state index contributed by atoms with van der Waals surface area (Å²) in [5.74, 6) is -0.972. The van der Waals surface area contributed by atoms with Crippen molar-refractivity contribution in [2.75, 3.05) is 19.8 Å². The van der Waals surface area contributed by atoms with Gasteiger partial charge in [0.1, 0.15) is 5.75 Å². The van der Waals surface area contributed by atoms with Gasteiger partial charge in [-0.05, 0) is 117 Å². The maximum Gasteiger partial charge on any atom is 0.303 e. The molecular weight excluding hydrogens is 670 g/mol. The molecule has 6 unspecified atom stereocenters. The zero-order valence-corrected chi connectivity index (χ0v) is 32.1. The summed E-state index contributed by atoms with van der Waals surface area (Å²) in [5.41, 5.74) is 4.07.